The molecular weight excluding hydrogens is 379 g/mol. The van der Waals surface area contributed by atoms with E-state index in [9.17, 15) is 9.18 Å². The molecule has 3 rings (SSSR count). The number of hydrogen-bond donors (Lipinski definition) is 1. The highest BCUT2D eigenvalue weighted by Gasteiger charge is 2.19. The molecule has 1 atom stereocenters. The smallest absolute Gasteiger partial charge is 0.234 e. The van der Waals surface area contributed by atoms with E-state index in [1.807, 2.05) is 48.7 Å². The van der Waals surface area contributed by atoms with Crippen LogP contribution in [0.25, 0.3) is 0 Å². The van der Waals surface area contributed by atoms with E-state index in [0.29, 0.717) is 17.5 Å². The maximum atomic E-state index is 13.6. The van der Waals surface area contributed by atoms with Gasteiger partial charge >= 0.3 is 0 Å². The van der Waals surface area contributed by atoms with Crippen LogP contribution in [0.3, 0.4) is 0 Å². The molecule has 3 aromatic rings. The van der Waals surface area contributed by atoms with E-state index in [2.05, 4.69) is 15.5 Å². The van der Waals surface area contributed by atoms with Gasteiger partial charge in [-0.15, -0.1) is 10.2 Å². The lowest BCUT2D eigenvalue weighted by molar-refractivity contribution is -0.113. The summed E-state index contributed by atoms with van der Waals surface area (Å²) in [6.45, 7) is 4.52. The summed E-state index contributed by atoms with van der Waals surface area (Å²) >= 11 is 1.25. The Bertz CT molecular complexity index is 933. The number of para-hydroxylation sites is 2. The summed E-state index contributed by atoms with van der Waals surface area (Å²) in [5.74, 6) is 0.755. The van der Waals surface area contributed by atoms with Gasteiger partial charge in [0, 0.05) is 6.54 Å². The Morgan fingerprint density at radius 3 is 2.61 bits per heavy atom. The molecule has 0 aliphatic rings. The molecule has 1 heterocycles. The van der Waals surface area contributed by atoms with E-state index in [1.54, 1.807) is 12.1 Å². The monoisotopic (exact) mass is 400 g/mol. The molecule has 0 aliphatic heterocycles. The molecule has 0 saturated heterocycles. The van der Waals surface area contributed by atoms with Crippen LogP contribution in [0.15, 0.2) is 59.8 Å². The summed E-state index contributed by atoms with van der Waals surface area (Å²) in [5, 5.41) is 11.6. The highest BCUT2D eigenvalue weighted by atomic mass is 32.2. The van der Waals surface area contributed by atoms with Gasteiger partial charge in [0.15, 0.2) is 17.1 Å². The average molecular weight is 400 g/mol. The second-order valence-electron chi connectivity index (χ2n) is 5.97. The topological polar surface area (TPSA) is 69.0 Å². The summed E-state index contributed by atoms with van der Waals surface area (Å²) < 4.78 is 21.5. The summed E-state index contributed by atoms with van der Waals surface area (Å²) in [5.41, 5.74) is 0.163. The Hall–Kier alpha value is -2.87. The number of anilines is 1. The summed E-state index contributed by atoms with van der Waals surface area (Å²) in [7, 11) is 0. The largest absolute Gasteiger partial charge is 0.483 e. The highest BCUT2D eigenvalue weighted by Crippen LogP contribution is 2.24. The fraction of sp³-hybridized carbons (Fsp3) is 0.250. The Morgan fingerprint density at radius 1 is 1.18 bits per heavy atom. The molecule has 8 heteroatoms. The molecule has 28 heavy (non-hydrogen) atoms. The van der Waals surface area contributed by atoms with Crippen LogP contribution in [-0.4, -0.2) is 26.4 Å². The molecule has 1 amide bonds. The SMILES string of the molecule is CCn1c(SCC(=O)Nc2ccccc2F)nnc1C(C)Oc1ccccc1. The maximum Gasteiger partial charge on any atom is 0.234 e. The second-order valence-corrected chi connectivity index (χ2v) is 6.92. The highest BCUT2D eigenvalue weighted by molar-refractivity contribution is 7.99. The van der Waals surface area contributed by atoms with Crippen molar-refractivity contribution in [1.29, 1.82) is 0 Å². The minimum absolute atomic E-state index is 0.0976. The number of ether oxygens (including phenoxy) is 1. The van der Waals surface area contributed by atoms with Crippen LogP contribution in [0, 0.1) is 5.82 Å². The van der Waals surface area contributed by atoms with Crippen molar-refractivity contribution in [2.75, 3.05) is 11.1 Å². The molecule has 0 saturated carbocycles. The molecule has 0 spiro atoms. The molecule has 1 aromatic heterocycles. The summed E-state index contributed by atoms with van der Waals surface area (Å²) in [6, 6.07) is 15.6. The number of rotatable bonds is 8. The Morgan fingerprint density at radius 2 is 1.89 bits per heavy atom. The van der Waals surface area contributed by atoms with Crippen molar-refractivity contribution in [3.63, 3.8) is 0 Å². The normalized spacial score (nSPS) is 11.8. The minimum atomic E-state index is -0.466. The summed E-state index contributed by atoms with van der Waals surface area (Å²) in [4.78, 5) is 12.1. The van der Waals surface area contributed by atoms with Gasteiger partial charge in [-0.05, 0) is 38.1 Å². The van der Waals surface area contributed by atoms with Crippen molar-refractivity contribution in [2.24, 2.45) is 0 Å². The van der Waals surface area contributed by atoms with Crippen molar-refractivity contribution in [2.45, 2.75) is 31.7 Å². The number of carbonyl (C=O) groups is 1. The van der Waals surface area contributed by atoms with Gasteiger partial charge in [-0.3, -0.25) is 4.79 Å². The molecular formula is C20H21FN4O2S. The van der Waals surface area contributed by atoms with Crippen LogP contribution in [0.5, 0.6) is 5.75 Å². The van der Waals surface area contributed by atoms with Crippen LogP contribution >= 0.6 is 11.8 Å². The first-order chi connectivity index (χ1) is 13.6. The molecule has 0 bridgehead atoms. The number of benzene rings is 2. The van der Waals surface area contributed by atoms with Crippen LogP contribution < -0.4 is 10.1 Å². The van der Waals surface area contributed by atoms with Gasteiger partial charge in [-0.2, -0.15) is 0 Å². The van der Waals surface area contributed by atoms with Gasteiger partial charge in [0.05, 0.1) is 11.4 Å². The van der Waals surface area contributed by atoms with Crippen molar-refractivity contribution in [1.82, 2.24) is 14.8 Å². The minimum Gasteiger partial charge on any atom is -0.483 e. The van der Waals surface area contributed by atoms with Crippen molar-refractivity contribution >= 4 is 23.4 Å². The molecule has 6 nitrogen and oxygen atoms in total. The first-order valence-corrected chi connectivity index (χ1v) is 9.89. The maximum absolute atomic E-state index is 13.6. The number of hydrogen-bond acceptors (Lipinski definition) is 5. The molecule has 1 N–H and O–H groups in total. The van der Waals surface area contributed by atoms with E-state index >= 15 is 0 Å². The quantitative estimate of drug-likeness (QED) is 0.571. The average Bonchev–Trinajstić information content (AvgIpc) is 3.12. The molecule has 0 aliphatic carbocycles. The lowest BCUT2D eigenvalue weighted by atomic mass is 10.3. The number of nitrogens with one attached hydrogen (secondary N) is 1. The third-order valence-electron chi connectivity index (χ3n) is 3.96. The van der Waals surface area contributed by atoms with Crippen LogP contribution in [0.1, 0.15) is 25.8 Å². The zero-order valence-electron chi connectivity index (χ0n) is 15.6. The molecule has 146 valence electrons. The number of thioether (sulfide) groups is 1. The van der Waals surface area contributed by atoms with E-state index in [0.717, 1.165) is 5.75 Å². The number of carbonyl (C=O) groups excluding carboxylic acids is 1. The summed E-state index contributed by atoms with van der Waals surface area (Å²) in [6.07, 6.45) is -0.295. The van der Waals surface area contributed by atoms with E-state index < -0.39 is 5.82 Å². The van der Waals surface area contributed by atoms with Crippen molar-refractivity contribution in [3.05, 3.63) is 66.2 Å². The first kappa shape index (κ1) is 19.9. The fourth-order valence-electron chi connectivity index (χ4n) is 2.64. The number of aromatic nitrogens is 3. The lowest BCUT2D eigenvalue weighted by Crippen LogP contribution is -2.16. The zero-order chi connectivity index (χ0) is 19.9. The molecule has 2 aromatic carbocycles. The predicted octanol–water partition coefficient (Wildman–Crippen LogP) is 4.31. The first-order valence-electron chi connectivity index (χ1n) is 8.90. The molecule has 1 unspecified atom stereocenters. The number of nitrogens with zero attached hydrogens (tertiary/aromatic N) is 3. The molecule has 0 fully saturated rings. The Kier molecular flexibility index (Phi) is 6.65. The van der Waals surface area contributed by atoms with Crippen molar-refractivity contribution < 1.29 is 13.9 Å². The Balaban J connectivity index is 1.63. The van der Waals surface area contributed by atoms with Gasteiger partial charge in [-0.1, -0.05) is 42.1 Å². The fourth-order valence-corrected chi connectivity index (χ4v) is 3.45. The van der Waals surface area contributed by atoms with Gasteiger partial charge in [0.1, 0.15) is 11.6 Å². The van der Waals surface area contributed by atoms with Crippen LogP contribution in [-0.2, 0) is 11.3 Å². The van der Waals surface area contributed by atoms with Crippen LogP contribution in [0.2, 0.25) is 0 Å². The standard InChI is InChI=1S/C20H21FN4O2S/c1-3-25-19(14(2)27-15-9-5-4-6-10-15)23-24-20(25)28-13-18(26)22-17-12-8-7-11-16(17)21/h4-12,14H,3,13H2,1-2H3,(H,22,26). The zero-order valence-corrected chi connectivity index (χ0v) is 16.4. The van der Waals surface area contributed by atoms with E-state index in [-0.39, 0.29) is 23.5 Å². The number of amides is 1. The lowest BCUT2D eigenvalue weighted by Gasteiger charge is -2.15. The third-order valence-corrected chi connectivity index (χ3v) is 4.93. The second kappa shape index (κ2) is 9.36. The van der Waals surface area contributed by atoms with Gasteiger partial charge in [-0.25, -0.2) is 4.39 Å². The predicted molar refractivity (Wildman–Crippen MR) is 107 cm³/mol. The van der Waals surface area contributed by atoms with Gasteiger partial charge in [0.25, 0.3) is 0 Å². The van der Waals surface area contributed by atoms with Crippen molar-refractivity contribution in [3.8, 4) is 5.75 Å². The van der Waals surface area contributed by atoms with E-state index in [4.69, 9.17) is 4.74 Å². The Labute approximate surface area is 167 Å². The third kappa shape index (κ3) is 4.89. The van der Waals surface area contributed by atoms with E-state index in [1.165, 1.54) is 23.9 Å². The van der Waals surface area contributed by atoms with Crippen LogP contribution in [0.4, 0.5) is 10.1 Å². The molecule has 0 radical (unpaired) electrons. The van der Waals surface area contributed by atoms with Gasteiger partial charge in [0.2, 0.25) is 5.91 Å². The van der Waals surface area contributed by atoms with Gasteiger partial charge < -0.3 is 14.6 Å². The number of halogens is 1.